The predicted octanol–water partition coefficient (Wildman–Crippen LogP) is 3.52. The standard InChI is InChI=1S/C16H17BrN2O4/c1-11-3-2-4-14(7-11)23-10-13(20)9-18-15-6-5-12(17)8-16(15)19(21)22/h2-8,13,18,20H,9-10H2,1H3. The van der Waals surface area contributed by atoms with E-state index in [0.717, 1.165) is 5.56 Å². The Balaban J connectivity index is 1.89. The third kappa shape index (κ3) is 5.22. The third-order valence-corrected chi connectivity index (χ3v) is 3.61. The van der Waals surface area contributed by atoms with Gasteiger partial charge in [0.05, 0.1) is 4.92 Å². The van der Waals surface area contributed by atoms with Gasteiger partial charge < -0.3 is 15.2 Å². The number of nitrogens with one attached hydrogen (secondary N) is 1. The lowest BCUT2D eigenvalue weighted by Gasteiger charge is -2.14. The summed E-state index contributed by atoms with van der Waals surface area (Å²) in [6, 6.07) is 12.2. The Morgan fingerprint density at radius 3 is 2.83 bits per heavy atom. The second kappa shape index (κ2) is 7.94. The molecule has 0 aliphatic heterocycles. The molecule has 0 bridgehead atoms. The molecule has 0 aromatic heterocycles. The summed E-state index contributed by atoms with van der Waals surface area (Å²) < 4.78 is 6.13. The van der Waals surface area contributed by atoms with Crippen LogP contribution in [-0.4, -0.2) is 29.3 Å². The number of aliphatic hydroxyl groups is 1. The van der Waals surface area contributed by atoms with Gasteiger partial charge in [0.15, 0.2) is 0 Å². The molecule has 2 rings (SSSR count). The SMILES string of the molecule is Cc1cccc(OCC(O)CNc2ccc(Br)cc2[N+](=O)[O-])c1. The van der Waals surface area contributed by atoms with E-state index in [9.17, 15) is 15.2 Å². The van der Waals surface area contributed by atoms with Gasteiger partial charge in [-0.25, -0.2) is 0 Å². The summed E-state index contributed by atoms with van der Waals surface area (Å²) in [5.41, 5.74) is 1.37. The van der Waals surface area contributed by atoms with Gasteiger partial charge in [-0.1, -0.05) is 28.1 Å². The molecule has 1 atom stereocenters. The number of hydrogen-bond acceptors (Lipinski definition) is 5. The summed E-state index contributed by atoms with van der Waals surface area (Å²) in [7, 11) is 0. The molecule has 0 spiro atoms. The Morgan fingerprint density at radius 2 is 2.13 bits per heavy atom. The zero-order valence-corrected chi connectivity index (χ0v) is 14.1. The topological polar surface area (TPSA) is 84.6 Å². The number of anilines is 1. The summed E-state index contributed by atoms with van der Waals surface area (Å²) in [5.74, 6) is 0.679. The molecule has 0 amide bonds. The van der Waals surface area contributed by atoms with Crippen LogP contribution in [0.2, 0.25) is 0 Å². The number of nitrogens with zero attached hydrogens (tertiary/aromatic N) is 1. The van der Waals surface area contributed by atoms with Gasteiger partial charge in [-0.3, -0.25) is 10.1 Å². The number of rotatable bonds is 7. The first kappa shape index (κ1) is 17.2. The van der Waals surface area contributed by atoms with E-state index in [-0.39, 0.29) is 18.8 Å². The van der Waals surface area contributed by atoms with Crippen molar-refractivity contribution in [3.63, 3.8) is 0 Å². The highest BCUT2D eigenvalue weighted by Gasteiger charge is 2.15. The minimum atomic E-state index is -0.793. The molecule has 0 aliphatic rings. The van der Waals surface area contributed by atoms with Gasteiger partial charge in [0.2, 0.25) is 0 Å². The van der Waals surface area contributed by atoms with Crippen LogP contribution in [0.1, 0.15) is 5.56 Å². The molecule has 6 nitrogen and oxygen atoms in total. The van der Waals surface area contributed by atoms with Crippen LogP contribution in [0.25, 0.3) is 0 Å². The minimum absolute atomic E-state index is 0.0498. The summed E-state index contributed by atoms with van der Waals surface area (Å²) in [4.78, 5) is 10.5. The Morgan fingerprint density at radius 1 is 1.35 bits per heavy atom. The number of aryl methyl sites for hydroxylation is 1. The lowest BCUT2D eigenvalue weighted by atomic mass is 10.2. The van der Waals surface area contributed by atoms with Crippen molar-refractivity contribution in [2.45, 2.75) is 13.0 Å². The van der Waals surface area contributed by atoms with Gasteiger partial charge in [-0.2, -0.15) is 0 Å². The number of benzene rings is 2. The maximum atomic E-state index is 11.0. The molecule has 7 heteroatoms. The molecule has 2 aromatic carbocycles. The summed E-state index contributed by atoms with van der Waals surface area (Å²) in [5, 5.41) is 23.9. The molecule has 23 heavy (non-hydrogen) atoms. The fourth-order valence-corrected chi connectivity index (χ4v) is 2.34. The van der Waals surface area contributed by atoms with Crippen molar-refractivity contribution < 1.29 is 14.8 Å². The number of hydrogen-bond donors (Lipinski definition) is 2. The number of halogens is 1. The van der Waals surface area contributed by atoms with E-state index in [2.05, 4.69) is 21.2 Å². The van der Waals surface area contributed by atoms with Crippen molar-refractivity contribution in [2.24, 2.45) is 0 Å². The number of ether oxygens (including phenoxy) is 1. The number of nitro groups is 1. The Kier molecular flexibility index (Phi) is 5.95. The lowest BCUT2D eigenvalue weighted by molar-refractivity contribution is -0.384. The number of aliphatic hydroxyl groups excluding tert-OH is 1. The molecule has 122 valence electrons. The van der Waals surface area contributed by atoms with E-state index in [1.54, 1.807) is 12.1 Å². The second-order valence-corrected chi connectivity index (χ2v) is 6.00. The molecule has 0 heterocycles. The van der Waals surface area contributed by atoms with Crippen molar-refractivity contribution >= 4 is 27.3 Å². The van der Waals surface area contributed by atoms with Crippen LogP contribution >= 0.6 is 15.9 Å². The first-order valence-corrected chi connectivity index (χ1v) is 7.80. The molecular weight excluding hydrogens is 364 g/mol. The summed E-state index contributed by atoms with van der Waals surface area (Å²) >= 11 is 3.20. The van der Waals surface area contributed by atoms with Crippen molar-refractivity contribution in [3.8, 4) is 5.75 Å². The maximum absolute atomic E-state index is 11.0. The molecule has 2 N–H and O–H groups in total. The predicted molar refractivity (Wildman–Crippen MR) is 92.0 cm³/mol. The van der Waals surface area contributed by atoms with Crippen LogP contribution in [0.15, 0.2) is 46.9 Å². The van der Waals surface area contributed by atoms with Crippen LogP contribution in [-0.2, 0) is 0 Å². The lowest BCUT2D eigenvalue weighted by Crippen LogP contribution is -2.26. The third-order valence-electron chi connectivity index (χ3n) is 3.12. The van der Waals surface area contributed by atoms with Gasteiger partial charge >= 0.3 is 0 Å². The Hall–Kier alpha value is -2.12. The summed E-state index contributed by atoms with van der Waals surface area (Å²) in [6.45, 7) is 2.20. The van der Waals surface area contributed by atoms with Gasteiger partial charge in [0, 0.05) is 17.1 Å². The van der Waals surface area contributed by atoms with Gasteiger partial charge in [-0.05, 0) is 36.8 Å². The molecule has 0 saturated carbocycles. The van der Waals surface area contributed by atoms with E-state index >= 15 is 0 Å². The molecule has 0 radical (unpaired) electrons. The fourth-order valence-electron chi connectivity index (χ4n) is 1.99. The van der Waals surface area contributed by atoms with Crippen molar-refractivity contribution in [1.29, 1.82) is 0 Å². The largest absolute Gasteiger partial charge is 0.491 e. The first-order chi connectivity index (χ1) is 11.0. The van der Waals surface area contributed by atoms with E-state index in [1.807, 2.05) is 31.2 Å². The highest BCUT2D eigenvalue weighted by molar-refractivity contribution is 9.10. The molecule has 2 aromatic rings. The monoisotopic (exact) mass is 380 g/mol. The zero-order valence-electron chi connectivity index (χ0n) is 12.5. The minimum Gasteiger partial charge on any atom is -0.491 e. The molecule has 0 fully saturated rings. The second-order valence-electron chi connectivity index (χ2n) is 5.08. The van der Waals surface area contributed by atoms with Crippen molar-refractivity contribution in [1.82, 2.24) is 0 Å². The van der Waals surface area contributed by atoms with E-state index in [4.69, 9.17) is 4.74 Å². The molecule has 0 aliphatic carbocycles. The van der Waals surface area contributed by atoms with Crippen LogP contribution in [0.5, 0.6) is 5.75 Å². The zero-order chi connectivity index (χ0) is 16.8. The Bertz CT molecular complexity index is 694. The molecule has 1 unspecified atom stereocenters. The maximum Gasteiger partial charge on any atom is 0.293 e. The van der Waals surface area contributed by atoms with E-state index in [0.29, 0.717) is 15.9 Å². The van der Waals surface area contributed by atoms with Crippen LogP contribution in [0.4, 0.5) is 11.4 Å². The average molecular weight is 381 g/mol. The highest BCUT2D eigenvalue weighted by atomic mass is 79.9. The fraction of sp³-hybridized carbons (Fsp3) is 0.250. The van der Waals surface area contributed by atoms with Crippen molar-refractivity contribution in [2.75, 3.05) is 18.5 Å². The van der Waals surface area contributed by atoms with E-state index < -0.39 is 11.0 Å². The quantitative estimate of drug-likeness (QED) is 0.566. The number of nitro benzene ring substituents is 1. The molecule has 0 saturated heterocycles. The highest BCUT2D eigenvalue weighted by Crippen LogP contribution is 2.27. The summed E-state index contributed by atoms with van der Waals surface area (Å²) in [6.07, 6.45) is -0.793. The molecular formula is C16H17BrN2O4. The van der Waals surface area contributed by atoms with Crippen LogP contribution in [0, 0.1) is 17.0 Å². The van der Waals surface area contributed by atoms with Gasteiger partial charge in [0.25, 0.3) is 5.69 Å². The average Bonchev–Trinajstić information content (AvgIpc) is 2.51. The van der Waals surface area contributed by atoms with Crippen LogP contribution < -0.4 is 10.1 Å². The van der Waals surface area contributed by atoms with Crippen LogP contribution in [0.3, 0.4) is 0 Å². The first-order valence-electron chi connectivity index (χ1n) is 7.01. The van der Waals surface area contributed by atoms with Gasteiger partial charge in [0.1, 0.15) is 24.1 Å². The van der Waals surface area contributed by atoms with E-state index in [1.165, 1.54) is 6.07 Å². The normalized spacial score (nSPS) is 11.8. The smallest absolute Gasteiger partial charge is 0.293 e. The van der Waals surface area contributed by atoms with Gasteiger partial charge in [-0.15, -0.1) is 0 Å². The Labute approximate surface area is 142 Å². The van der Waals surface area contributed by atoms with Crippen molar-refractivity contribution in [3.05, 3.63) is 62.6 Å².